The van der Waals surface area contributed by atoms with Crippen LogP contribution in [0.3, 0.4) is 0 Å². The van der Waals surface area contributed by atoms with Crippen molar-refractivity contribution in [3.05, 3.63) is 29.8 Å². The molecule has 0 fully saturated rings. The van der Waals surface area contributed by atoms with E-state index in [2.05, 4.69) is 15.2 Å². The number of amides is 1. The summed E-state index contributed by atoms with van der Waals surface area (Å²) in [6.45, 7) is -3.03. The molecule has 0 aromatic heterocycles. The van der Waals surface area contributed by atoms with Crippen LogP contribution in [-0.2, 0) is 0 Å². The van der Waals surface area contributed by atoms with E-state index in [1.165, 1.54) is 24.3 Å². The molecule has 0 aliphatic carbocycles. The number of alkyl halides is 2. The van der Waals surface area contributed by atoms with E-state index in [0.29, 0.717) is 0 Å². The molecule has 1 aromatic carbocycles. The first-order chi connectivity index (χ1) is 8.52. The van der Waals surface area contributed by atoms with Crippen molar-refractivity contribution in [3.8, 4) is 5.75 Å². The molecule has 0 aliphatic heterocycles. The van der Waals surface area contributed by atoms with Crippen LogP contribution in [0.4, 0.5) is 8.78 Å². The van der Waals surface area contributed by atoms with Gasteiger partial charge in [0.05, 0.1) is 6.54 Å². The fourth-order valence-electron chi connectivity index (χ4n) is 1.10. The second kappa shape index (κ2) is 6.38. The van der Waals surface area contributed by atoms with Gasteiger partial charge in [-0.05, 0) is 24.3 Å². The Labute approximate surface area is 101 Å². The van der Waals surface area contributed by atoms with Crippen LogP contribution in [0.1, 0.15) is 10.4 Å². The molecule has 98 valence electrons. The Morgan fingerprint density at radius 1 is 1.44 bits per heavy atom. The van der Waals surface area contributed by atoms with Crippen LogP contribution in [0.5, 0.6) is 5.75 Å². The molecular formula is C10H11F2N3O3. The van der Waals surface area contributed by atoms with Crippen molar-refractivity contribution in [1.82, 2.24) is 5.32 Å². The third-order valence-electron chi connectivity index (χ3n) is 1.90. The quantitative estimate of drug-likeness (QED) is 0.315. The van der Waals surface area contributed by atoms with E-state index in [0.717, 1.165) is 0 Å². The van der Waals surface area contributed by atoms with Gasteiger partial charge in [-0.1, -0.05) is 5.16 Å². The third kappa shape index (κ3) is 4.24. The van der Waals surface area contributed by atoms with Gasteiger partial charge in [0.25, 0.3) is 5.91 Å². The van der Waals surface area contributed by atoms with E-state index in [4.69, 9.17) is 10.9 Å². The lowest BCUT2D eigenvalue weighted by Gasteiger charge is -2.06. The van der Waals surface area contributed by atoms with Crippen LogP contribution < -0.4 is 15.8 Å². The monoisotopic (exact) mass is 259 g/mol. The molecule has 4 N–H and O–H groups in total. The number of halogens is 2. The Bertz CT molecular complexity index is 434. The Hall–Kier alpha value is -2.38. The predicted octanol–water partition coefficient (Wildman–Crippen LogP) is 0.764. The van der Waals surface area contributed by atoms with Crippen LogP contribution in [0, 0.1) is 0 Å². The van der Waals surface area contributed by atoms with Gasteiger partial charge in [-0.15, -0.1) is 0 Å². The first kappa shape index (κ1) is 13.7. The summed E-state index contributed by atoms with van der Waals surface area (Å²) in [6, 6.07) is 5.12. The molecule has 0 aliphatic rings. The van der Waals surface area contributed by atoms with Crippen molar-refractivity contribution in [1.29, 1.82) is 0 Å². The zero-order chi connectivity index (χ0) is 13.5. The smallest absolute Gasteiger partial charge is 0.387 e. The Morgan fingerprint density at radius 3 is 2.56 bits per heavy atom. The standard InChI is InChI=1S/C10H11F2N3O3/c11-10(12)18-7-3-1-6(2-4-7)9(16)14-5-8(13)15-17/h1-4,10,17H,5H2,(H2,13,15)(H,14,16). The zero-order valence-corrected chi connectivity index (χ0v) is 9.14. The minimum absolute atomic E-state index is 0.0435. The maximum Gasteiger partial charge on any atom is 0.387 e. The average molecular weight is 259 g/mol. The van der Waals surface area contributed by atoms with Crippen molar-refractivity contribution >= 4 is 11.7 Å². The molecule has 18 heavy (non-hydrogen) atoms. The number of carbonyl (C=O) groups is 1. The van der Waals surface area contributed by atoms with E-state index in [1.54, 1.807) is 0 Å². The number of hydrogen-bond acceptors (Lipinski definition) is 4. The topological polar surface area (TPSA) is 96.9 Å². The van der Waals surface area contributed by atoms with Crippen molar-refractivity contribution in [2.24, 2.45) is 10.9 Å². The molecule has 6 nitrogen and oxygen atoms in total. The highest BCUT2D eigenvalue weighted by atomic mass is 19.3. The van der Waals surface area contributed by atoms with Crippen molar-refractivity contribution < 1.29 is 23.5 Å². The van der Waals surface area contributed by atoms with Gasteiger partial charge in [0, 0.05) is 5.56 Å². The lowest BCUT2D eigenvalue weighted by atomic mass is 10.2. The number of nitrogens with two attached hydrogens (primary N) is 1. The largest absolute Gasteiger partial charge is 0.435 e. The highest BCUT2D eigenvalue weighted by molar-refractivity contribution is 5.97. The van der Waals surface area contributed by atoms with Crippen molar-refractivity contribution in [2.75, 3.05) is 6.54 Å². The van der Waals surface area contributed by atoms with Gasteiger partial charge in [0.2, 0.25) is 0 Å². The number of nitrogens with one attached hydrogen (secondary N) is 1. The number of ether oxygens (including phenoxy) is 1. The van der Waals surface area contributed by atoms with Gasteiger partial charge < -0.3 is 21.0 Å². The predicted molar refractivity (Wildman–Crippen MR) is 58.8 cm³/mol. The lowest BCUT2D eigenvalue weighted by Crippen LogP contribution is -2.33. The van der Waals surface area contributed by atoms with Crippen LogP contribution in [0.2, 0.25) is 0 Å². The number of benzene rings is 1. The second-order valence-electron chi connectivity index (χ2n) is 3.18. The summed E-state index contributed by atoms with van der Waals surface area (Å²) >= 11 is 0. The SMILES string of the molecule is N/C(CNC(=O)c1ccc(OC(F)F)cc1)=N\O. The summed E-state index contributed by atoms with van der Waals surface area (Å²) in [5.41, 5.74) is 5.40. The number of amidine groups is 1. The molecule has 1 rings (SSSR count). The molecule has 1 amide bonds. The first-order valence-electron chi connectivity index (χ1n) is 4.82. The van der Waals surface area contributed by atoms with Crippen LogP contribution >= 0.6 is 0 Å². The minimum Gasteiger partial charge on any atom is -0.435 e. The number of carbonyl (C=O) groups excluding carboxylic acids is 1. The van der Waals surface area contributed by atoms with Crippen LogP contribution in [0.25, 0.3) is 0 Å². The molecule has 0 heterocycles. The van der Waals surface area contributed by atoms with Gasteiger partial charge in [-0.3, -0.25) is 4.79 Å². The normalized spacial score (nSPS) is 11.4. The summed E-state index contributed by atoms with van der Waals surface area (Å²) in [6.07, 6.45) is 0. The van der Waals surface area contributed by atoms with E-state index < -0.39 is 12.5 Å². The number of hydrogen-bond donors (Lipinski definition) is 3. The van der Waals surface area contributed by atoms with E-state index in [1.807, 2.05) is 0 Å². The first-order valence-corrected chi connectivity index (χ1v) is 4.82. The van der Waals surface area contributed by atoms with Gasteiger partial charge in [0.15, 0.2) is 5.84 Å². The van der Waals surface area contributed by atoms with Crippen LogP contribution in [-0.4, -0.2) is 30.1 Å². The Balaban J connectivity index is 2.59. The van der Waals surface area contributed by atoms with Crippen LogP contribution in [0.15, 0.2) is 29.4 Å². The molecule has 0 spiro atoms. The van der Waals surface area contributed by atoms with Gasteiger partial charge in [0.1, 0.15) is 5.75 Å². The van der Waals surface area contributed by atoms with E-state index in [-0.39, 0.29) is 23.7 Å². The minimum atomic E-state index is -2.91. The molecule has 0 unspecified atom stereocenters. The summed E-state index contributed by atoms with van der Waals surface area (Å²) in [4.78, 5) is 11.5. The summed E-state index contributed by atoms with van der Waals surface area (Å²) in [7, 11) is 0. The molecule has 8 heteroatoms. The number of nitrogens with zero attached hydrogens (tertiary/aromatic N) is 1. The van der Waals surface area contributed by atoms with Gasteiger partial charge in [-0.2, -0.15) is 8.78 Å². The highest BCUT2D eigenvalue weighted by Gasteiger charge is 2.08. The molecule has 0 atom stereocenters. The molecule has 1 aromatic rings. The Kier molecular flexibility index (Phi) is 4.85. The van der Waals surface area contributed by atoms with E-state index >= 15 is 0 Å². The number of oxime groups is 1. The maximum absolute atomic E-state index is 11.9. The summed E-state index contributed by atoms with van der Waals surface area (Å²) in [5, 5.41) is 13.3. The van der Waals surface area contributed by atoms with Gasteiger partial charge in [-0.25, -0.2) is 0 Å². The molecule has 0 saturated carbocycles. The zero-order valence-electron chi connectivity index (χ0n) is 9.14. The lowest BCUT2D eigenvalue weighted by molar-refractivity contribution is -0.0498. The fourth-order valence-corrected chi connectivity index (χ4v) is 1.10. The Morgan fingerprint density at radius 2 is 2.06 bits per heavy atom. The fraction of sp³-hybridized carbons (Fsp3) is 0.200. The van der Waals surface area contributed by atoms with Crippen molar-refractivity contribution in [2.45, 2.75) is 6.61 Å². The molecule has 0 radical (unpaired) electrons. The molecule has 0 bridgehead atoms. The molecule has 0 saturated heterocycles. The third-order valence-corrected chi connectivity index (χ3v) is 1.90. The number of rotatable bonds is 5. The summed E-state index contributed by atoms with van der Waals surface area (Å²) in [5.74, 6) is -0.677. The second-order valence-corrected chi connectivity index (χ2v) is 3.18. The average Bonchev–Trinajstić information content (AvgIpc) is 2.35. The van der Waals surface area contributed by atoms with Gasteiger partial charge >= 0.3 is 6.61 Å². The van der Waals surface area contributed by atoms with Crippen molar-refractivity contribution in [3.63, 3.8) is 0 Å². The maximum atomic E-state index is 11.9. The van der Waals surface area contributed by atoms with E-state index in [9.17, 15) is 13.6 Å². The molecular weight excluding hydrogens is 248 g/mol. The highest BCUT2D eigenvalue weighted by Crippen LogP contribution is 2.14. The summed E-state index contributed by atoms with van der Waals surface area (Å²) < 4.78 is 27.9.